The number of amides is 1. The minimum Gasteiger partial charge on any atom is -0.465 e. The lowest BCUT2D eigenvalue weighted by Gasteiger charge is -2.06. The molecular formula is C20H19N3O3. The van der Waals surface area contributed by atoms with Gasteiger partial charge in [0.2, 0.25) is 0 Å². The molecule has 0 atom stereocenters. The molecule has 26 heavy (non-hydrogen) atoms. The van der Waals surface area contributed by atoms with Crippen molar-refractivity contribution in [3.05, 3.63) is 59.4 Å². The molecule has 6 heteroatoms. The van der Waals surface area contributed by atoms with E-state index in [2.05, 4.69) is 14.6 Å². The third-order valence-electron chi connectivity index (χ3n) is 4.68. The van der Waals surface area contributed by atoms with Crippen molar-refractivity contribution in [2.24, 2.45) is 7.05 Å². The highest BCUT2D eigenvalue weighted by Gasteiger charge is 2.28. The molecule has 1 aromatic heterocycles. The van der Waals surface area contributed by atoms with Crippen molar-refractivity contribution in [3.63, 3.8) is 0 Å². The van der Waals surface area contributed by atoms with Crippen molar-refractivity contribution in [3.8, 4) is 0 Å². The van der Waals surface area contributed by atoms with E-state index in [-0.39, 0.29) is 5.91 Å². The fourth-order valence-electron chi connectivity index (χ4n) is 3.08. The van der Waals surface area contributed by atoms with E-state index >= 15 is 0 Å². The molecule has 0 spiro atoms. The first-order valence-corrected chi connectivity index (χ1v) is 8.53. The summed E-state index contributed by atoms with van der Waals surface area (Å²) in [4.78, 5) is 28.7. The van der Waals surface area contributed by atoms with Gasteiger partial charge in [-0.3, -0.25) is 4.79 Å². The first kappa shape index (κ1) is 16.3. The van der Waals surface area contributed by atoms with Crippen molar-refractivity contribution in [1.82, 2.24) is 9.55 Å². The van der Waals surface area contributed by atoms with Crippen LogP contribution in [0.3, 0.4) is 0 Å². The van der Waals surface area contributed by atoms with Gasteiger partial charge in [-0.25, -0.2) is 9.78 Å². The molecule has 2 aromatic carbocycles. The lowest BCUT2D eigenvalue weighted by atomic mass is 10.1. The first-order chi connectivity index (χ1) is 12.6. The number of ether oxygens (including phenoxy) is 1. The van der Waals surface area contributed by atoms with E-state index in [4.69, 9.17) is 4.98 Å². The van der Waals surface area contributed by atoms with Crippen molar-refractivity contribution in [1.29, 1.82) is 0 Å². The topological polar surface area (TPSA) is 73.2 Å². The Kier molecular flexibility index (Phi) is 3.95. The van der Waals surface area contributed by atoms with Crippen LogP contribution in [0, 0.1) is 0 Å². The Morgan fingerprint density at radius 1 is 1.12 bits per heavy atom. The number of fused-ring (bicyclic) bond motifs is 1. The second-order valence-electron chi connectivity index (χ2n) is 6.53. The van der Waals surface area contributed by atoms with E-state index in [0.717, 1.165) is 16.9 Å². The molecule has 1 fully saturated rings. The minimum atomic E-state index is -0.407. The average Bonchev–Trinajstić information content (AvgIpc) is 3.45. The molecule has 1 aliphatic rings. The lowest BCUT2D eigenvalue weighted by Crippen LogP contribution is -2.12. The van der Waals surface area contributed by atoms with E-state index in [1.54, 1.807) is 30.3 Å². The summed E-state index contributed by atoms with van der Waals surface area (Å²) < 4.78 is 6.78. The number of hydrogen-bond donors (Lipinski definition) is 1. The summed E-state index contributed by atoms with van der Waals surface area (Å²) in [5.41, 5.74) is 3.47. The number of methoxy groups -OCH3 is 1. The molecule has 0 saturated heterocycles. The molecule has 1 N–H and O–H groups in total. The fourth-order valence-corrected chi connectivity index (χ4v) is 3.08. The second kappa shape index (κ2) is 6.29. The zero-order valence-electron chi connectivity index (χ0n) is 14.7. The number of nitrogens with zero attached hydrogens (tertiary/aromatic N) is 2. The van der Waals surface area contributed by atoms with Crippen LogP contribution in [0.15, 0.2) is 42.5 Å². The van der Waals surface area contributed by atoms with Crippen LogP contribution < -0.4 is 5.32 Å². The predicted molar refractivity (Wildman–Crippen MR) is 98.4 cm³/mol. The SMILES string of the molecule is COC(=O)c1ccc(NC(=O)c2ccc3c(c2)nc(C2CC2)n3C)cc1. The minimum absolute atomic E-state index is 0.212. The van der Waals surface area contributed by atoms with Gasteiger partial charge >= 0.3 is 5.97 Å². The van der Waals surface area contributed by atoms with Crippen LogP contribution in [0.1, 0.15) is 45.3 Å². The highest BCUT2D eigenvalue weighted by Crippen LogP contribution is 2.40. The first-order valence-electron chi connectivity index (χ1n) is 8.53. The summed E-state index contributed by atoms with van der Waals surface area (Å²) >= 11 is 0. The maximum atomic E-state index is 12.5. The van der Waals surface area contributed by atoms with Gasteiger partial charge in [-0.15, -0.1) is 0 Å². The van der Waals surface area contributed by atoms with Crippen LogP contribution in [0.4, 0.5) is 5.69 Å². The van der Waals surface area contributed by atoms with E-state index in [9.17, 15) is 9.59 Å². The van der Waals surface area contributed by atoms with Crippen LogP contribution in [0.5, 0.6) is 0 Å². The van der Waals surface area contributed by atoms with Gasteiger partial charge in [0.15, 0.2) is 0 Å². The van der Waals surface area contributed by atoms with Crippen molar-refractivity contribution < 1.29 is 14.3 Å². The Balaban J connectivity index is 1.55. The van der Waals surface area contributed by atoms with Crippen molar-refractivity contribution in [2.75, 3.05) is 12.4 Å². The summed E-state index contributed by atoms with van der Waals surface area (Å²) in [7, 11) is 3.35. The number of imidazole rings is 1. The smallest absolute Gasteiger partial charge is 0.337 e. The number of rotatable bonds is 4. The molecule has 1 amide bonds. The van der Waals surface area contributed by atoms with Crippen LogP contribution in [0.25, 0.3) is 11.0 Å². The zero-order chi connectivity index (χ0) is 18.3. The number of esters is 1. The Bertz CT molecular complexity index is 1000. The molecule has 1 heterocycles. The monoisotopic (exact) mass is 349 g/mol. The zero-order valence-corrected chi connectivity index (χ0v) is 14.7. The van der Waals surface area contributed by atoms with Crippen LogP contribution >= 0.6 is 0 Å². The number of aryl methyl sites for hydroxylation is 1. The van der Waals surface area contributed by atoms with Gasteiger partial charge in [-0.2, -0.15) is 0 Å². The van der Waals surface area contributed by atoms with Crippen LogP contribution in [-0.4, -0.2) is 28.5 Å². The highest BCUT2D eigenvalue weighted by molar-refractivity contribution is 6.06. The number of aromatic nitrogens is 2. The standard InChI is InChI=1S/C20H19N3O3/c1-23-17-10-7-14(11-16(17)22-18(23)12-3-4-12)19(24)21-15-8-5-13(6-9-15)20(25)26-2/h5-12H,3-4H2,1-2H3,(H,21,24). The lowest BCUT2D eigenvalue weighted by molar-refractivity contribution is 0.0600. The van der Waals surface area contributed by atoms with Gasteiger partial charge in [0, 0.05) is 24.2 Å². The number of nitrogens with one attached hydrogen (secondary N) is 1. The van der Waals surface area contributed by atoms with E-state index in [0.29, 0.717) is 22.7 Å². The van der Waals surface area contributed by atoms with Crippen molar-refractivity contribution >= 4 is 28.6 Å². The third-order valence-corrected chi connectivity index (χ3v) is 4.68. The average molecular weight is 349 g/mol. The largest absolute Gasteiger partial charge is 0.465 e. The summed E-state index contributed by atoms with van der Waals surface area (Å²) in [6.07, 6.45) is 2.37. The van der Waals surface area contributed by atoms with E-state index in [1.165, 1.54) is 20.0 Å². The molecule has 0 radical (unpaired) electrons. The van der Waals surface area contributed by atoms with E-state index in [1.807, 2.05) is 19.2 Å². The normalized spacial score (nSPS) is 13.6. The van der Waals surface area contributed by atoms with Crippen LogP contribution in [0.2, 0.25) is 0 Å². The molecule has 6 nitrogen and oxygen atoms in total. The van der Waals surface area contributed by atoms with Crippen molar-refractivity contribution in [2.45, 2.75) is 18.8 Å². The molecule has 0 unspecified atom stereocenters. The van der Waals surface area contributed by atoms with Gasteiger partial charge in [0.25, 0.3) is 5.91 Å². The van der Waals surface area contributed by atoms with Gasteiger partial charge in [0.1, 0.15) is 5.82 Å². The fraction of sp³-hybridized carbons (Fsp3) is 0.250. The predicted octanol–water partition coefficient (Wildman–Crippen LogP) is 3.49. The molecule has 132 valence electrons. The summed E-state index contributed by atoms with van der Waals surface area (Å²) in [5, 5.41) is 2.84. The molecule has 4 rings (SSSR count). The van der Waals surface area contributed by atoms with Gasteiger partial charge in [-0.1, -0.05) is 0 Å². The molecule has 3 aromatic rings. The highest BCUT2D eigenvalue weighted by atomic mass is 16.5. The molecule has 1 aliphatic carbocycles. The number of anilines is 1. The summed E-state index contributed by atoms with van der Waals surface area (Å²) in [6, 6.07) is 12.1. The molecule has 0 aliphatic heterocycles. The summed E-state index contributed by atoms with van der Waals surface area (Å²) in [5.74, 6) is 1.03. The molecule has 0 bridgehead atoms. The van der Waals surface area contributed by atoms with Gasteiger partial charge < -0.3 is 14.6 Å². The number of hydrogen-bond acceptors (Lipinski definition) is 4. The Morgan fingerprint density at radius 3 is 2.46 bits per heavy atom. The Hall–Kier alpha value is -3.15. The molecular weight excluding hydrogens is 330 g/mol. The number of benzene rings is 2. The Labute approximate surface area is 150 Å². The maximum absolute atomic E-state index is 12.5. The van der Waals surface area contributed by atoms with Crippen LogP contribution in [-0.2, 0) is 11.8 Å². The van der Waals surface area contributed by atoms with Gasteiger partial charge in [-0.05, 0) is 55.3 Å². The number of carbonyl (C=O) groups is 2. The number of carbonyl (C=O) groups excluding carboxylic acids is 2. The molecule has 1 saturated carbocycles. The van der Waals surface area contributed by atoms with E-state index < -0.39 is 5.97 Å². The quantitative estimate of drug-likeness (QED) is 0.732. The van der Waals surface area contributed by atoms with Gasteiger partial charge in [0.05, 0.1) is 23.7 Å². The Morgan fingerprint density at radius 2 is 1.81 bits per heavy atom. The second-order valence-corrected chi connectivity index (χ2v) is 6.53. The summed E-state index contributed by atoms with van der Waals surface area (Å²) in [6.45, 7) is 0. The third kappa shape index (κ3) is 2.94. The maximum Gasteiger partial charge on any atom is 0.337 e.